The lowest BCUT2D eigenvalue weighted by atomic mass is 9.87. The second-order valence-corrected chi connectivity index (χ2v) is 5.86. The zero-order valence-electron chi connectivity index (χ0n) is 13.0. The lowest BCUT2D eigenvalue weighted by molar-refractivity contribution is -0.108. The normalized spacial score (nSPS) is 15.0. The molecule has 5 heteroatoms. The van der Waals surface area contributed by atoms with E-state index in [0.29, 0.717) is 33.8 Å². The molecule has 124 valence electrons. The van der Waals surface area contributed by atoms with E-state index < -0.39 is 5.92 Å². The first-order valence-electron chi connectivity index (χ1n) is 7.70. The number of phenols is 3. The highest BCUT2D eigenvalue weighted by Crippen LogP contribution is 2.48. The van der Waals surface area contributed by atoms with Crippen LogP contribution in [0, 0.1) is 0 Å². The Morgan fingerprint density at radius 3 is 2.32 bits per heavy atom. The van der Waals surface area contributed by atoms with Gasteiger partial charge in [0.2, 0.25) is 0 Å². The zero-order chi connectivity index (χ0) is 17.6. The second-order valence-electron chi connectivity index (χ2n) is 5.86. The third-order valence-corrected chi connectivity index (χ3v) is 4.35. The number of benzene rings is 3. The van der Waals surface area contributed by atoms with Crippen LogP contribution in [0.3, 0.4) is 0 Å². The van der Waals surface area contributed by atoms with Gasteiger partial charge >= 0.3 is 0 Å². The van der Waals surface area contributed by atoms with E-state index in [1.165, 1.54) is 18.2 Å². The number of aldehydes is 1. The van der Waals surface area contributed by atoms with Crippen molar-refractivity contribution in [2.75, 3.05) is 0 Å². The molecule has 3 N–H and O–H groups in total. The summed E-state index contributed by atoms with van der Waals surface area (Å²) in [6, 6.07) is 14.8. The zero-order valence-corrected chi connectivity index (χ0v) is 13.0. The highest BCUT2D eigenvalue weighted by molar-refractivity contribution is 5.80. The molecule has 0 bridgehead atoms. The van der Waals surface area contributed by atoms with Crippen molar-refractivity contribution in [3.63, 3.8) is 0 Å². The molecule has 3 aromatic carbocycles. The van der Waals surface area contributed by atoms with Gasteiger partial charge in [-0.3, -0.25) is 0 Å². The number of aromatic hydroxyl groups is 3. The lowest BCUT2D eigenvalue weighted by Crippen LogP contribution is -2.11. The lowest BCUT2D eigenvalue weighted by Gasteiger charge is -2.26. The molecule has 0 saturated carbocycles. The molecule has 0 saturated heterocycles. The van der Waals surface area contributed by atoms with E-state index in [2.05, 4.69) is 0 Å². The highest BCUT2D eigenvalue weighted by Gasteiger charge is 2.30. The van der Waals surface area contributed by atoms with Crippen molar-refractivity contribution < 1.29 is 24.9 Å². The van der Waals surface area contributed by atoms with Gasteiger partial charge in [0, 0.05) is 5.56 Å². The SMILES string of the molecule is O=CC1c2ccccc2Oc2cc(-c3ccc(O)c(O)c3)cc(O)c21. The first-order valence-corrected chi connectivity index (χ1v) is 7.70. The summed E-state index contributed by atoms with van der Waals surface area (Å²) in [5.41, 5.74) is 2.31. The predicted molar refractivity (Wildman–Crippen MR) is 91.3 cm³/mol. The summed E-state index contributed by atoms with van der Waals surface area (Å²) in [4.78, 5) is 11.6. The molecule has 1 aliphatic rings. The van der Waals surface area contributed by atoms with Crippen LogP contribution in [-0.4, -0.2) is 21.6 Å². The summed E-state index contributed by atoms with van der Waals surface area (Å²) in [5.74, 6) is -0.201. The molecular formula is C20H14O5. The molecule has 0 amide bonds. The fourth-order valence-electron chi connectivity index (χ4n) is 3.12. The third kappa shape index (κ3) is 2.37. The van der Waals surface area contributed by atoms with E-state index in [9.17, 15) is 20.1 Å². The Morgan fingerprint density at radius 1 is 0.800 bits per heavy atom. The third-order valence-electron chi connectivity index (χ3n) is 4.35. The summed E-state index contributed by atoms with van der Waals surface area (Å²) >= 11 is 0. The van der Waals surface area contributed by atoms with Crippen molar-refractivity contribution >= 4 is 6.29 Å². The van der Waals surface area contributed by atoms with Crippen molar-refractivity contribution in [3.05, 3.63) is 65.7 Å². The molecule has 25 heavy (non-hydrogen) atoms. The molecule has 1 unspecified atom stereocenters. The van der Waals surface area contributed by atoms with Crippen LogP contribution in [-0.2, 0) is 4.79 Å². The summed E-state index contributed by atoms with van der Waals surface area (Å²) < 4.78 is 5.88. The number of para-hydroxylation sites is 1. The largest absolute Gasteiger partial charge is 0.507 e. The highest BCUT2D eigenvalue weighted by atomic mass is 16.5. The van der Waals surface area contributed by atoms with Gasteiger partial charge in [-0.15, -0.1) is 0 Å². The smallest absolute Gasteiger partial charge is 0.158 e. The summed E-state index contributed by atoms with van der Waals surface area (Å²) in [5, 5.41) is 29.6. The van der Waals surface area contributed by atoms with E-state index in [-0.39, 0.29) is 17.2 Å². The molecular weight excluding hydrogens is 320 g/mol. The summed E-state index contributed by atoms with van der Waals surface area (Å²) in [7, 11) is 0. The number of carbonyl (C=O) groups is 1. The van der Waals surface area contributed by atoms with Crippen molar-refractivity contribution in [2.45, 2.75) is 5.92 Å². The number of ether oxygens (including phenoxy) is 1. The van der Waals surface area contributed by atoms with Crippen LogP contribution in [0.15, 0.2) is 54.6 Å². The molecule has 1 aliphatic heterocycles. The van der Waals surface area contributed by atoms with Crippen LogP contribution in [0.1, 0.15) is 17.0 Å². The Labute approximate surface area is 143 Å². The Hall–Kier alpha value is -3.47. The quantitative estimate of drug-likeness (QED) is 0.489. The van der Waals surface area contributed by atoms with Gasteiger partial charge in [0.15, 0.2) is 11.5 Å². The van der Waals surface area contributed by atoms with Crippen LogP contribution in [0.25, 0.3) is 11.1 Å². The minimum Gasteiger partial charge on any atom is -0.507 e. The number of hydrogen-bond acceptors (Lipinski definition) is 5. The van der Waals surface area contributed by atoms with Crippen molar-refractivity contribution in [2.24, 2.45) is 0 Å². The van der Waals surface area contributed by atoms with Crippen LogP contribution < -0.4 is 4.74 Å². The van der Waals surface area contributed by atoms with E-state index in [0.717, 1.165) is 6.29 Å². The maximum Gasteiger partial charge on any atom is 0.158 e. The number of hydrogen-bond donors (Lipinski definition) is 3. The Balaban J connectivity index is 1.88. The minimum absolute atomic E-state index is 0.0633. The maximum atomic E-state index is 11.6. The standard InChI is InChI=1S/C20H14O5/c21-10-14-13-3-1-2-4-18(13)25-19-9-12(8-17(24)20(14)19)11-5-6-15(22)16(23)7-11/h1-10,14,22-24H. The van der Waals surface area contributed by atoms with Crippen molar-refractivity contribution in [1.29, 1.82) is 0 Å². The van der Waals surface area contributed by atoms with E-state index in [1.807, 2.05) is 12.1 Å². The fraction of sp³-hybridized carbons (Fsp3) is 0.0500. The predicted octanol–water partition coefficient (Wildman–Crippen LogP) is 3.91. The average Bonchev–Trinajstić information content (AvgIpc) is 2.62. The molecule has 4 rings (SSSR count). The maximum absolute atomic E-state index is 11.6. The second kappa shape index (κ2) is 5.56. The fourth-order valence-corrected chi connectivity index (χ4v) is 3.12. The molecule has 1 atom stereocenters. The van der Waals surface area contributed by atoms with Gasteiger partial charge in [-0.05, 0) is 41.5 Å². The molecule has 0 aliphatic carbocycles. The van der Waals surface area contributed by atoms with Gasteiger partial charge in [0.05, 0.1) is 11.5 Å². The minimum atomic E-state index is -0.609. The van der Waals surface area contributed by atoms with Crippen molar-refractivity contribution in [3.8, 4) is 39.9 Å². The van der Waals surface area contributed by atoms with Crippen LogP contribution in [0.2, 0.25) is 0 Å². The number of carbonyl (C=O) groups excluding carboxylic acids is 1. The van der Waals surface area contributed by atoms with E-state index in [1.54, 1.807) is 24.3 Å². The molecule has 5 nitrogen and oxygen atoms in total. The molecule has 3 aromatic rings. The summed E-state index contributed by atoms with van der Waals surface area (Å²) in [6.07, 6.45) is 0.784. The van der Waals surface area contributed by atoms with Gasteiger partial charge < -0.3 is 24.9 Å². The number of phenolic OH excluding ortho intramolecular Hbond substituents is 3. The topological polar surface area (TPSA) is 87.0 Å². The molecule has 0 spiro atoms. The van der Waals surface area contributed by atoms with Gasteiger partial charge in [-0.1, -0.05) is 24.3 Å². The average molecular weight is 334 g/mol. The molecule has 0 radical (unpaired) electrons. The van der Waals surface area contributed by atoms with Crippen LogP contribution in [0.5, 0.6) is 28.7 Å². The molecule has 0 fully saturated rings. The van der Waals surface area contributed by atoms with Gasteiger partial charge in [-0.2, -0.15) is 0 Å². The van der Waals surface area contributed by atoms with Gasteiger partial charge in [-0.25, -0.2) is 0 Å². The van der Waals surface area contributed by atoms with Gasteiger partial charge in [0.1, 0.15) is 23.5 Å². The Bertz CT molecular complexity index is 993. The Kier molecular flexibility index (Phi) is 3.35. The van der Waals surface area contributed by atoms with E-state index in [4.69, 9.17) is 4.74 Å². The van der Waals surface area contributed by atoms with Crippen LogP contribution >= 0.6 is 0 Å². The summed E-state index contributed by atoms with van der Waals surface area (Å²) in [6.45, 7) is 0. The van der Waals surface area contributed by atoms with E-state index >= 15 is 0 Å². The van der Waals surface area contributed by atoms with Crippen LogP contribution in [0.4, 0.5) is 0 Å². The first kappa shape index (κ1) is 15.1. The molecule has 0 aromatic heterocycles. The number of fused-ring (bicyclic) bond motifs is 2. The molecule has 1 heterocycles. The first-order chi connectivity index (χ1) is 12.1. The van der Waals surface area contributed by atoms with Crippen molar-refractivity contribution in [1.82, 2.24) is 0 Å². The van der Waals surface area contributed by atoms with Gasteiger partial charge in [0.25, 0.3) is 0 Å². The monoisotopic (exact) mass is 334 g/mol. The number of rotatable bonds is 2. The Morgan fingerprint density at radius 2 is 1.56 bits per heavy atom.